The van der Waals surface area contributed by atoms with Crippen molar-refractivity contribution >= 4 is 22.7 Å². The Labute approximate surface area is 142 Å². The summed E-state index contributed by atoms with van der Waals surface area (Å²) in [6, 6.07) is 13.0. The lowest BCUT2D eigenvalue weighted by Crippen LogP contribution is -1.92. The maximum atomic E-state index is 5.36. The maximum Gasteiger partial charge on any atom is 0.119 e. The number of hydrogen-bond donors (Lipinski definition) is 1. The molecule has 120 valence electrons. The normalized spacial score (nSPS) is 11.4. The number of aromatic amines is 1. The van der Waals surface area contributed by atoms with E-state index in [4.69, 9.17) is 4.74 Å². The second-order valence-corrected chi connectivity index (χ2v) is 7.00. The third-order valence-electron chi connectivity index (χ3n) is 4.41. The van der Waals surface area contributed by atoms with E-state index >= 15 is 0 Å². The third kappa shape index (κ3) is 2.86. The molecular formula is C20H23NOS. The predicted octanol–water partition coefficient (Wildman–Crippen LogP) is 6.00. The zero-order valence-electron chi connectivity index (χ0n) is 14.4. The minimum absolute atomic E-state index is 0.516. The van der Waals surface area contributed by atoms with Crippen molar-refractivity contribution in [2.75, 3.05) is 13.4 Å². The number of thioether (sulfide) groups is 1. The van der Waals surface area contributed by atoms with Crippen LogP contribution < -0.4 is 4.74 Å². The average Bonchev–Trinajstić information content (AvgIpc) is 2.90. The highest BCUT2D eigenvalue weighted by Crippen LogP contribution is 2.35. The second-order valence-electron chi connectivity index (χ2n) is 6.15. The molecule has 0 aliphatic carbocycles. The first-order valence-corrected chi connectivity index (χ1v) is 9.12. The van der Waals surface area contributed by atoms with E-state index in [1.165, 1.54) is 32.7 Å². The molecule has 0 aliphatic rings. The molecule has 1 aromatic heterocycles. The fourth-order valence-electron chi connectivity index (χ4n) is 3.06. The lowest BCUT2D eigenvalue weighted by Gasteiger charge is -2.13. The first-order chi connectivity index (χ1) is 11.0. The number of rotatable bonds is 4. The molecule has 0 saturated heterocycles. The van der Waals surface area contributed by atoms with Crippen LogP contribution in [0, 0.1) is 6.92 Å². The number of hydrogen-bond acceptors (Lipinski definition) is 2. The number of ether oxygens (including phenoxy) is 1. The molecule has 0 saturated carbocycles. The molecule has 0 atom stereocenters. The lowest BCUT2D eigenvalue weighted by atomic mass is 9.98. The van der Waals surface area contributed by atoms with E-state index in [1.807, 2.05) is 17.8 Å². The summed E-state index contributed by atoms with van der Waals surface area (Å²) in [6.45, 7) is 6.68. The summed E-state index contributed by atoms with van der Waals surface area (Å²) in [5.74, 6) is 1.41. The number of aryl methyl sites for hydroxylation is 1. The molecule has 3 heteroatoms. The van der Waals surface area contributed by atoms with Gasteiger partial charge in [-0.25, -0.2) is 0 Å². The van der Waals surface area contributed by atoms with E-state index < -0.39 is 0 Å². The van der Waals surface area contributed by atoms with Crippen LogP contribution in [0.5, 0.6) is 5.75 Å². The Morgan fingerprint density at radius 2 is 1.87 bits per heavy atom. The molecule has 23 heavy (non-hydrogen) atoms. The minimum atomic E-state index is 0.516. The van der Waals surface area contributed by atoms with E-state index in [2.05, 4.69) is 62.3 Å². The minimum Gasteiger partial charge on any atom is -0.497 e. The molecule has 1 N–H and O–H groups in total. The Balaban J connectivity index is 2.16. The van der Waals surface area contributed by atoms with Crippen molar-refractivity contribution in [3.05, 3.63) is 47.5 Å². The Hall–Kier alpha value is -1.87. The van der Waals surface area contributed by atoms with E-state index in [-0.39, 0.29) is 0 Å². The Morgan fingerprint density at radius 1 is 1.09 bits per heavy atom. The number of H-pyrrole nitrogens is 1. The van der Waals surface area contributed by atoms with Gasteiger partial charge in [-0.3, -0.25) is 0 Å². The van der Waals surface area contributed by atoms with Gasteiger partial charge in [0.1, 0.15) is 5.75 Å². The summed E-state index contributed by atoms with van der Waals surface area (Å²) in [4.78, 5) is 4.93. The molecule has 2 nitrogen and oxygen atoms in total. The van der Waals surface area contributed by atoms with E-state index in [9.17, 15) is 0 Å². The monoisotopic (exact) mass is 325 g/mol. The molecule has 3 aromatic rings. The van der Waals surface area contributed by atoms with Gasteiger partial charge >= 0.3 is 0 Å². The molecule has 0 amide bonds. The molecule has 0 radical (unpaired) electrons. The summed E-state index contributed by atoms with van der Waals surface area (Å²) in [6.07, 6.45) is 2.14. The van der Waals surface area contributed by atoms with Crippen molar-refractivity contribution in [2.24, 2.45) is 0 Å². The number of aromatic nitrogens is 1. The Bertz CT molecular complexity index is 848. The zero-order chi connectivity index (χ0) is 16.6. The van der Waals surface area contributed by atoms with Gasteiger partial charge in [-0.15, -0.1) is 11.8 Å². The van der Waals surface area contributed by atoms with Gasteiger partial charge in [-0.1, -0.05) is 19.9 Å². The van der Waals surface area contributed by atoms with Crippen LogP contribution in [-0.2, 0) is 0 Å². The lowest BCUT2D eigenvalue weighted by molar-refractivity contribution is 0.415. The van der Waals surface area contributed by atoms with Crippen LogP contribution in [0.15, 0.2) is 41.3 Å². The Kier molecular flexibility index (Phi) is 4.40. The van der Waals surface area contributed by atoms with Crippen molar-refractivity contribution in [3.63, 3.8) is 0 Å². The van der Waals surface area contributed by atoms with Crippen LogP contribution >= 0.6 is 11.8 Å². The van der Waals surface area contributed by atoms with Crippen LogP contribution in [0.3, 0.4) is 0 Å². The van der Waals surface area contributed by atoms with Crippen molar-refractivity contribution in [1.29, 1.82) is 0 Å². The topological polar surface area (TPSA) is 25.0 Å². The first-order valence-electron chi connectivity index (χ1n) is 7.89. The zero-order valence-corrected chi connectivity index (χ0v) is 15.2. The second kappa shape index (κ2) is 6.32. The molecule has 3 rings (SSSR count). The van der Waals surface area contributed by atoms with Gasteiger partial charge in [0.2, 0.25) is 0 Å². The predicted molar refractivity (Wildman–Crippen MR) is 101 cm³/mol. The summed E-state index contributed by atoms with van der Waals surface area (Å²) in [7, 11) is 1.71. The molecule has 0 bridgehead atoms. The Morgan fingerprint density at radius 3 is 2.52 bits per heavy atom. The number of benzene rings is 2. The quantitative estimate of drug-likeness (QED) is 0.595. The third-order valence-corrected chi connectivity index (χ3v) is 5.22. The van der Waals surface area contributed by atoms with Crippen molar-refractivity contribution in [3.8, 4) is 17.0 Å². The first kappa shape index (κ1) is 16.0. The fraction of sp³-hybridized carbons (Fsp3) is 0.300. The van der Waals surface area contributed by atoms with Crippen LogP contribution in [0.25, 0.3) is 22.2 Å². The van der Waals surface area contributed by atoms with Crippen molar-refractivity contribution in [1.82, 2.24) is 4.98 Å². The fourth-order valence-corrected chi connectivity index (χ4v) is 3.80. The van der Waals surface area contributed by atoms with Crippen LogP contribution in [-0.4, -0.2) is 18.3 Å². The standard InChI is InChI=1S/C20H23NOS/c1-12(2)16-10-14(6-9-19(16)23-5)20-13(3)17-11-15(22-4)7-8-18(17)21-20/h6-12,21H,1-5H3. The highest BCUT2D eigenvalue weighted by atomic mass is 32.2. The van der Waals surface area contributed by atoms with Gasteiger partial charge in [0.05, 0.1) is 7.11 Å². The summed E-state index contributed by atoms with van der Waals surface area (Å²) >= 11 is 1.82. The summed E-state index contributed by atoms with van der Waals surface area (Å²) in [5, 5.41) is 1.22. The van der Waals surface area contributed by atoms with Gasteiger partial charge < -0.3 is 9.72 Å². The molecule has 0 aliphatic heterocycles. The summed E-state index contributed by atoms with van der Waals surface area (Å²) in [5.41, 5.74) is 6.27. The van der Waals surface area contributed by atoms with Crippen molar-refractivity contribution in [2.45, 2.75) is 31.6 Å². The number of nitrogens with one attached hydrogen (secondary N) is 1. The van der Waals surface area contributed by atoms with Crippen LogP contribution in [0.1, 0.15) is 30.9 Å². The highest BCUT2D eigenvalue weighted by molar-refractivity contribution is 7.98. The number of methoxy groups -OCH3 is 1. The number of fused-ring (bicyclic) bond motifs is 1. The molecule has 0 spiro atoms. The van der Waals surface area contributed by atoms with Crippen LogP contribution in [0.2, 0.25) is 0 Å². The van der Waals surface area contributed by atoms with Crippen molar-refractivity contribution < 1.29 is 4.74 Å². The average molecular weight is 325 g/mol. The van der Waals surface area contributed by atoms with Gasteiger partial charge in [0.15, 0.2) is 0 Å². The van der Waals surface area contributed by atoms with Crippen LogP contribution in [0.4, 0.5) is 0 Å². The van der Waals surface area contributed by atoms with Gasteiger partial charge in [0, 0.05) is 21.5 Å². The van der Waals surface area contributed by atoms with Gasteiger partial charge in [0.25, 0.3) is 0 Å². The molecular weight excluding hydrogens is 302 g/mol. The van der Waals surface area contributed by atoms with Gasteiger partial charge in [-0.2, -0.15) is 0 Å². The molecule has 0 unspecified atom stereocenters. The molecule has 2 aromatic carbocycles. The van der Waals surface area contributed by atoms with E-state index in [1.54, 1.807) is 7.11 Å². The maximum absolute atomic E-state index is 5.36. The molecule has 0 fully saturated rings. The highest BCUT2D eigenvalue weighted by Gasteiger charge is 2.13. The summed E-state index contributed by atoms with van der Waals surface area (Å²) < 4.78 is 5.36. The smallest absolute Gasteiger partial charge is 0.119 e. The van der Waals surface area contributed by atoms with E-state index in [0.29, 0.717) is 5.92 Å². The SMILES string of the molecule is COc1ccc2[nH]c(-c3ccc(SC)c(C(C)C)c3)c(C)c2c1. The largest absolute Gasteiger partial charge is 0.497 e. The molecule has 1 heterocycles. The van der Waals surface area contributed by atoms with E-state index in [0.717, 1.165) is 11.3 Å². The van der Waals surface area contributed by atoms with Gasteiger partial charge in [-0.05, 0) is 66.1 Å².